The van der Waals surface area contributed by atoms with Gasteiger partial charge >= 0.3 is 6.61 Å². The van der Waals surface area contributed by atoms with E-state index in [4.69, 9.17) is 14.2 Å². The number of amides is 1. The Morgan fingerprint density at radius 2 is 1.91 bits per heavy atom. The molecule has 2 aliphatic heterocycles. The third-order valence-electron chi connectivity index (χ3n) is 6.00. The van der Waals surface area contributed by atoms with Gasteiger partial charge in [0.2, 0.25) is 6.79 Å². The minimum Gasteiger partial charge on any atom is -0.454 e. The van der Waals surface area contributed by atoms with Gasteiger partial charge in [-0.15, -0.1) is 0 Å². The largest absolute Gasteiger partial charge is 0.454 e. The molecule has 33 heavy (non-hydrogen) atoms. The lowest BCUT2D eigenvalue weighted by Gasteiger charge is -2.38. The van der Waals surface area contributed by atoms with E-state index >= 15 is 0 Å². The van der Waals surface area contributed by atoms with Crippen LogP contribution in [0.2, 0.25) is 0 Å². The van der Waals surface area contributed by atoms with Crippen LogP contribution in [0.15, 0.2) is 42.5 Å². The summed E-state index contributed by atoms with van der Waals surface area (Å²) in [6.45, 7) is 0.230. The Bertz CT molecular complexity index is 950. The Labute approximate surface area is 191 Å². The normalized spacial score (nSPS) is 16.2. The molecule has 2 aromatic rings. The van der Waals surface area contributed by atoms with Gasteiger partial charge in [-0.1, -0.05) is 18.2 Å². The van der Waals surface area contributed by atoms with E-state index < -0.39 is 6.61 Å². The summed E-state index contributed by atoms with van der Waals surface area (Å²) in [5.74, 6) is 1.35. The molecule has 0 aliphatic carbocycles. The van der Waals surface area contributed by atoms with E-state index in [1.165, 1.54) is 0 Å². The lowest BCUT2D eigenvalue weighted by atomic mass is 10.0. The van der Waals surface area contributed by atoms with Crippen LogP contribution < -0.4 is 14.2 Å². The zero-order valence-corrected chi connectivity index (χ0v) is 18.5. The highest BCUT2D eigenvalue weighted by molar-refractivity contribution is 5.95. The van der Waals surface area contributed by atoms with E-state index in [9.17, 15) is 13.6 Å². The number of para-hydroxylation sites is 1. The van der Waals surface area contributed by atoms with Gasteiger partial charge < -0.3 is 23.8 Å². The van der Waals surface area contributed by atoms with E-state index in [0.29, 0.717) is 36.8 Å². The number of piperidine rings is 1. The van der Waals surface area contributed by atoms with Gasteiger partial charge in [0.15, 0.2) is 11.5 Å². The molecule has 0 atom stereocenters. The van der Waals surface area contributed by atoms with E-state index in [2.05, 4.69) is 9.64 Å². The number of rotatable bonds is 9. The lowest BCUT2D eigenvalue weighted by molar-refractivity contribution is -0.0508. The van der Waals surface area contributed by atoms with Gasteiger partial charge in [0, 0.05) is 50.5 Å². The van der Waals surface area contributed by atoms with E-state index in [1.54, 1.807) is 43.5 Å². The second kappa shape index (κ2) is 10.8. The Balaban J connectivity index is 1.40. The molecule has 2 heterocycles. The summed E-state index contributed by atoms with van der Waals surface area (Å²) in [7, 11) is 1.62. The SMILES string of the molecule is COCCN(C(=O)c1ccc2c(c1)OCO2)C1CCN(Cc2ccccc2OC(F)F)CC1. The van der Waals surface area contributed by atoms with Crippen LogP contribution in [0.25, 0.3) is 0 Å². The molecular weight excluding hydrogens is 434 g/mol. The Hall–Kier alpha value is -2.91. The van der Waals surface area contributed by atoms with Crippen molar-refractivity contribution in [3.8, 4) is 17.2 Å². The Morgan fingerprint density at radius 3 is 2.67 bits per heavy atom. The molecule has 0 N–H and O–H groups in total. The van der Waals surface area contributed by atoms with Crippen molar-refractivity contribution in [3.05, 3.63) is 53.6 Å². The van der Waals surface area contributed by atoms with Crippen LogP contribution >= 0.6 is 0 Å². The molecule has 1 saturated heterocycles. The van der Waals surface area contributed by atoms with Gasteiger partial charge in [-0.05, 0) is 37.1 Å². The van der Waals surface area contributed by atoms with Crippen LogP contribution in [0.1, 0.15) is 28.8 Å². The fraction of sp³-hybridized carbons (Fsp3) is 0.458. The number of carbonyl (C=O) groups excluding carboxylic acids is 1. The zero-order valence-electron chi connectivity index (χ0n) is 18.5. The van der Waals surface area contributed by atoms with E-state index in [-0.39, 0.29) is 24.5 Å². The molecule has 178 valence electrons. The molecule has 2 aromatic carbocycles. The summed E-state index contributed by atoms with van der Waals surface area (Å²) in [6.07, 6.45) is 1.55. The number of alkyl halides is 2. The van der Waals surface area contributed by atoms with Crippen LogP contribution in [0.5, 0.6) is 17.2 Å². The van der Waals surface area contributed by atoms with E-state index in [0.717, 1.165) is 31.5 Å². The minimum absolute atomic E-state index is 0.0573. The molecular formula is C24H28F2N2O5. The first kappa shape index (κ1) is 23.3. The van der Waals surface area contributed by atoms with Crippen LogP contribution in [-0.4, -0.2) is 68.5 Å². The van der Waals surface area contributed by atoms with E-state index in [1.807, 2.05) is 11.0 Å². The molecule has 4 rings (SSSR count). The summed E-state index contributed by atoms with van der Waals surface area (Å²) in [4.78, 5) is 17.4. The Morgan fingerprint density at radius 1 is 1.15 bits per heavy atom. The monoisotopic (exact) mass is 462 g/mol. The molecule has 1 amide bonds. The van der Waals surface area contributed by atoms with Crippen molar-refractivity contribution in [3.63, 3.8) is 0 Å². The third kappa shape index (κ3) is 5.72. The molecule has 2 aliphatic rings. The number of fused-ring (bicyclic) bond motifs is 1. The van der Waals surface area contributed by atoms with Gasteiger partial charge in [-0.2, -0.15) is 8.78 Å². The van der Waals surface area contributed by atoms with Crippen molar-refractivity contribution in [2.24, 2.45) is 0 Å². The van der Waals surface area contributed by atoms with Crippen LogP contribution in [-0.2, 0) is 11.3 Å². The number of halogens is 2. The minimum atomic E-state index is -2.85. The molecule has 7 nitrogen and oxygen atoms in total. The van der Waals surface area contributed by atoms with Gasteiger partial charge in [-0.25, -0.2) is 0 Å². The molecule has 0 saturated carbocycles. The summed E-state index contributed by atoms with van der Waals surface area (Å²) in [6, 6.07) is 12.2. The number of nitrogens with zero attached hydrogens (tertiary/aromatic N) is 2. The van der Waals surface area contributed by atoms with Crippen LogP contribution in [0, 0.1) is 0 Å². The fourth-order valence-electron chi connectivity index (χ4n) is 4.31. The highest BCUT2D eigenvalue weighted by Crippen LogP contribution is 2.33. The number of likely N-dealkylation sites (tertiary alicyclic amines) is 1. The van der Waals surface area contributed by atoms with Gasteiger partial charge in [0.05, 0.1) is 6.61 Å². The lowest BCUT2D eigenvalue weighted by Crippen LogP contribution is -2.48. The highest BCUT2D eigenvalue weighted by Gasteiger charge is 2.29. The molecule has 0 spiro atoms. The maximum absolute atomic E-state index is 13.3. The number of carbonyl (C=O) groups is 1. The van der Waals surface area contributed by atoms with Crippen molar-refractivity contribution in [1.29, 1.82) is 0 Å². The first-order valence-electron chi connectivity index (χ1n) is 11.0. The number of hydrogen-bond donors (Lipinski definition) is 0. The van der Waals surface area contributed by atoms with Crippen molar-refractivity contribution in [2.75, 3.05) is 40.1 Å². The quantitative estimate of drug-likeness (QED) is 0.566. The smallest absolute Gasteiger partial charge is 0.387 e. The summed E-state index contributed by atoms with van der Waals surface area (Å²) in [5, 5.41) is 0. The van der Waals surface area contributed by atoms with Crippen molar-refractivity contribution < 1.29 is 32.5 Å². The second-order valence-corrected chi connectivity index (χ2v) is 8.05. The van der Waals surface area contributed by atoms with Crippen LogP contribution in [0.3, 0.4) is 0 Å². The maximum atomic E-state index is 13.3. The molecule has 0 radical (unpaired) electrons. The molecule has 0 aromatic heterocycles. The second-order valence-electron chi connectivity index (χ2n) is 8.05. The summed E-state index contributed by atoms with van der Waals surface area (Å²) < 4.78 is 46.1. The topological polar surface area (TPSA) is 60.5 Å². The van der Waals surface area contributed by atoms with Gasteiger partial charge in [0.1, 0.15) is 5.75 Å². The first-order chi connectivity index (χ1) is 16.0. The molecule has 9 heteroatoms. The number of hydrogen-bond acceptors (Lipinski definition) is 6. The number of methoxy groups -OCH3 is 1. The number of benzene rings is 2. The maximum Gasteiger partial charge on any atom is 0.387 e. The van der Waals surface area contributed by atoms with Crippen LogP contribution in [0.4, 0.5) is 8.78 Å². The van der Waals surface area contributed by atoms with Crippen molar-refractivity contribution >= 4 is 5.91 Å². The Kier molecular flexibility index (Phi) is 7.61. The van der Waals surface area contributed by atoms with Gasteiger partial charge in [-0.3, -0.25) is 9.69 Å². The zero-order chi connectivity index (χ0) is 23.2. The van der Waals surface area contributed by atoms with Crippen molar-refractivity contribution in [1.82, 2.24) is 9.80 Å². The summed E-state index contributed by atoms with van der Waals surface area (Å²) in [5.41, 5.74) is 1.28. The molecule has 1 fully saturated rings. The summed E-state index contributed by atoms with van der Waals surface area (Å²) >= 11 is 0. The van der Waals surface area contributed by atoms with Crippen molar-refractivity contribution in [2.45, 2.75) is 32.0 Å². The number of ether oxygens (including phenoxy) is 4. The average molecular weight is 462 g/mol. The third-order valence-corrected chi connectivity index (χ3v) is 6.00. The highest BCUT2D eigenvalue weighted by atomic mass is 19.3. The fourth-order valence-corrected chi connectivity index (χ4v) is 4.31. The molecule has 0 bridgehead atoms. The standard InChI is InChI=1S/C24H28F2N2O5/c1-30-13-12-28(23(29)17-6-7-21-22(14-17)32-16-31-21)19-8-10-27(11-9-19)15-18-4-2-3-5-20(18)33-24(25)26/h2-7,14,19,24H,8-13,15-16H2,1H3. The molecule has 0 unspecified atom stereocenters. The predicted molar refractivity (Wildman–Crippen MR) is 117 cm³/mol. The van der Waals surface area contributed by atoms with Gasteiger partial charge in [0.25, 0.3) is 5.91 Å². The average Bonchev–Trinajstić information content (AvgIpc) is 3.29. The predicted octanol–water partition coefficient (Wildman–Crippen LogP) is 3.77. The first-order valence-corrected chi connectivity index (χ1v) is 11.0.